The van der Waals surface area contributed by atoms with Crippen LogP contribution < -0.4 is 0 Å². The number of hydrogen-bond acceptors (Lipinski definition) is 5. The second-order valence-corrected chi connectivity index (χ2v) is 15.3. The Hall–Kier alpha value is -5.88. The smallest absolute Gasteiger partial charge is 0.164 e. The van der Waals surface area contributed by atoms with Gasteiger partial charge in [-0.25, -0.2) is 15.0 Å². The molecular formula is C47H31N3S2. The van der Waals surface area contributed by atoms with Gasteiger partial charge in [0.05, 0.1) is 5.41 Å². The van der Waals surface area contributed by atoms with Crippen molar-refractivity contribution in [2.24, 2.45) is 0 Å². The summed E-state index contributed by atoms with van der Waals surface area (Å²) >= 11 is 3.68. The zero-order valence-electron chi connectivity index (χ0n) is 28.4. The van der Waals surface area contributed by atoms with E-state index in [0.717, 1.165) is 16.7 Å². The van der Waals surface area contributed by atoms with Crippen molar-refractivity contribution in [3.63, 3.8) is 0 Å². The van der Waals surface area contributed by atoms with Gasteiger partial charge >= 0.3 is 0 Å². The molecule has 0 fully saturated rings. The predicted octanol–water partition coefficient (Wildman–Crippen LogP) is 12.6. The van der Waals surface area contributed by atoms with E-state index in [2.05, 4.69) is 111 Å². The van der Waals surface area contributed by atoms with Crippen molar-refractivity contribution in [1.29, 1.82) is 0 Å². The number of aromatic nitrogens is 3. The molecule has 1 aliphatic heterocycles. The van der Waals surface area contributed by atoms with Gasteiger partial charge in [0.15, 0.2) is 17.5 Å². The van der Waals surface area contributed by atoms with E-state index in [-0.39, 0.29) is 0 Å². The first-order valence-electron chi connectivity index (χ1n) is 17.4. The minimum Gasteiger partial charge on any atom is -0.208 e. The van der Waals surface area contributed by atoms with Gasteiger partial charge in [0.2, 0.25) is 0 Å². The fourth-order valence-electron chi connectivity index (χ4n) is 8.20. The third-order valence-corrected chi connectivity index (χ3v) is 12.6. The largest absolute Gasteiger partial charge is 0.208 e. The van der Waals surface area contributed by atoms with Crippen molar-refractivity contribution in [2.75, 3.05) is 0 Å². The van der Waals surface area contributed by atoms with Gasteiger partial charge < -0.3 is 0 Å². The lowest BCUT2D eigenvalue weighted by molar-refractivity contribution is 0.717. The number of fused-ring (bicyclic) bond motifs is 10. The summed E-state index contributed by atoms with van der Waals surface area (Å²) in [6, 6.07) is 49.5. The molecule has 2 aliphatic rings. The Balaban J connectivity index is 1.25. The average Bonchev–Trinajstić information content (AvgIpc) is 3.72. The number of hydrogen-bond donors (Lipinski definition) is 0. The van der Waals surface area contributed by atoms with Gasteiger partial charge in [0.1, 0.15) is 0 Å². The molecule has 0 bridgehead atoms. The number of thiophene rings is 1. The first-order valence-corrected chi connectivity index (χ1v) is 19.1. The molecule has 1 spiro atoms. The molecule has 2 aromatic heterocycles. The van der Waals surface area contributed by atoms with E-state index in [9.17, 15) is 0 Å². The zero-order valence-corrected chi connectivity index (χ0v) is 30.0. The van der Waals surface area contributed by atoms with Crippen LogP contribution in [0.2, 0.25) is 0 Å². The molecular weight excluding hydrogens is 671 g/mol. The maximum absolute atomic E-state index is 5.08. The summed E-state index contributed by atoms with van der Waals surface area (Å²) in [6.07, 6.45) is 6.55. The Morgan fingerprint density at radius 1 is 0.577 bits per heavy atom. The van der Waals surface area contributed by atoms with E-state index in [1.54, 1.807) is 0 Å². The molecule has 0 N–H and O–H groups in total. The summed E-state index contributed by atoms with van der Waals surface area (Å²) in [5.41, 5.74) is 9.88. The SMILES string of the molecule is C=CC1=C(/C=C\C)c2c(ccc3sc4ccccc4c23)C12c1ccccc1Sc1cc(-c3nc(-c4ccccc4)nc(-c4ccccc4)n3)ccc12. The minimum atomic E-state index is -0.553. The third-order valence-electron chi connectivity index (χ3n) is 10.3. The van der Waals surface area contributed by atoms with Gasteiger partial charge in [-0.05, 0) is 64.6 Å². The highest BCUT2D eigenvalue weighted by Gasteiger charge is 2.51. The van der Waals surface area contributed by atoms with Crippen molar-refractivity contribution in [2.45, 2.75) is 22.1 Å². The Kier molecular flexibility index (Phi) is 7.20. The van der Waals surface area contributed by atoms with Crippen LogP contribution in [0.4, 0.5) is 0 Å². The van der Waals surface area contributed by atoms with E-state index in [1.807, 2.05) is 83.8 Å². The molecule has 0 saturated heterocycles. The topological polar surface area (TPSA) is 38.7 Å². The fourth-order valence-corrected chi connectivity index (χ4v) is 10.5. The van der Waals surface area contributed by atoms with Crippen LogP contribution in [0.3, 0.4) is 0 Å². The van der Waals surface area contributed by atoms with E-state index in [1.165, 1.54) is 63.4 Å². The Labute approximate surface area is 310 Å². The second-order valence-electron chi connectivity index (χ2n) is 13.1. The van der Waals surface area contributed by atoms with Crippen LogP contribution in [0.1, 0.15) is 29.2 Å². The minimum absolute atomic E-state index is 0.553. The zero-order chi connectivity index (χ0) is 34.8. The van der Waals surface area contributed by atoms with Crippen LogP contribution in [0, 0.1) is 0 Å². The molecule has 0 amide bonds. The van der Waals surface area contributed by atoms with E-state index in [0.29, 0.717) is 17.5 Å². The standard InChI is InChI=1S/C47H31N3S2/c1-3-15-32-34(4-2)47(37-26-27-40-43(42(32)37)33-20-11-13-22-38(33)51-40)35-21-12-14-23-39(35)52-41-28-31(24-25-36(41)47)46-49-44(29-16-7-5-8-17-29)48-45(50-46)30-18-9-6-10-19-30/h3-28H,2H2,1H3/b15-3-. The Bertz CT molecular complexity index is 2740. The van der Waals surface area contributed by atoms with Crippen molar-refractivity contribution >= 4 is 48.8 Å². The third kappa shape index (κ3) is 4.49. The van der Waals surface area contributed by atoms with Gasteiger partial charge in [-0.1, -0.05) is 152 Å². The molecule has 0 saturated carbocycles. The van der Waals surface area contributed by atoms with E-state index >= 15 is 0 Å². The Morgan fingerprint density at radius 2 is 1.19 bits per heavy atom. The van der Waals surface area contributed by atoms with Gasteiger partial charge in [-0.15, -0.1) is 11.3 Å². The lowest BCUT2D eigenvalue weighted by Gasteiger charge is -2.40. The van der Waals surface area contributed by atoms with E-state index < -0.39 is 5.41 Å². The lowest BCUT2D eigenvalue weighted by Crippen LogP contribution is -2.32. The van der Waals surface area contributed by atoms with Crippen LogP contribution >= 0.6 is 23.1 Å². The highest BCUT2D eigenvalue weighted by Crippen LogP contribution is 2.63. The van der Waals surface area contributed by atoms with Crippen LogP contribution in [-0.2, 0) is 5.41 Å². The molecule has 0 radical (unpaired) electrons. The quantitative estimate of drug-likeness (QED) is 0.179. The molecule has 1 unspecified atom stereocenters. The monoisotopic (exact) mass is 701 g/mol. The van der Waals surface area contributed by atoms with Crippen molar-refractivity contribution in [1.82, 2.24) is 15.0 Å². The van der Waals surface area contributed by atoms with Gasteiger partial charge in [0.25, 0.3) is 0 Å². The van der Waals surface area contributed by atoms with Crippen molar-refractivity contribution in [3.05, 3.63) is 192 Å². The van der Waals surface area contributed by atoms with Gasteiger partial charge in [-0.3, -0.25) is 0 Å². The molecule has 6 aromatic carbocycles. The molecule has 52 heavy (non-hydrogen) atoms. The average molecular weight is 702 g/mol. The molecule has 10 rings (SSSR count). The summed E-state index contributed by atoms with van der Waals surface area (Å²) in [5, 5.41) is 2.62. The highest BCUT2D eigenvalue weighted by molar-refractivity contribution is 7.99. The molecule has 1 aliphatic carbocycles. The predicted molar refractivity (Wildman–Crippen MR) is 218 cm³/mol. The molecule has 3 heterocycles. The highest BCUT2D eigenvalue weighted by atomic mass is 32.2. The molecule has 246 valence electrons. The Morgan fingerprint density at radius 3 is 1.90 bits per heavy atom. The number of rotatable bonds is 5. The molecule has 8 aromatic rings. The van der Waals surface area contributed by atoms with Crippen LogP contribution in [-0.4, -0.2) is 15.0 Å². The summed E-state index contributed by atoms with van der Waals surface area (Å²) in [7, 11) is 0. The summed E-state index contributed by atoms with van der Waals surface area (Å²) < 4.78 is 2.60. The number of allylic oxidation sites excluding steroid dienone is 5. The maximum Gasteiger partial charge on any atom is 0.164 e. The number of benzene rings is 6. The molecule has 5 heteroatoms. The molecule has 3 nitrogen and oxygen atoms in total. The summed E-state index contributed by atoms with van der Waals surface area (Å²) in [4.78, 5) is 17.5. The van der Waals surface area contributed by atoms with Crippen molar-refractivity contribution < 1.29 is 0 Å². The van der Waals surface area contributed by atoms with Crippen LogP contribution in [0.5, 0.6) is 0 Å². The summed E-state index contributed by atoms with van der Waals surface area (Å²) in [6.45, 7) is 6.61. The summed E-state index contributed by atoms with van der Waals surface area (Å²) in [5.74, 6) is 1.96. The van der Waals surface area contributed by atoms with Gasteiger partial charge in [-0.2, -0.15) is 0 Å². The van der Waals surface area contributed by atoms with Crippen LogP contribution in [0.25, 0.3) is 59.9 Å². The number of nitrogens with zero attached hydrogens (tertiary/aromatic N) is 3. The lowest BCUT2D eigenvalue weighted by atomic mass is 9.66. The first-order chi connectivity index (χ1) is 25.7. The fraction of sp³-hybridized carbons (Fsp3) is 0.0426. The molecule has 1 atom stereocenters. The van der Waals surface area contributed by atoms with Crippen molar-refractivity contribution in [3.8, 4) is 34.2 Å². The van der Waals surface area contributed by atoms with E-state index in [4.69, 9.17) is 15.0 Å². The van der Waals surface area contributed by atoms with Crippen LogP contribution in [0.15, 0.2) is 180 Å². The maximum atomic E-state index is 5.08. The normalized spacial score (nSPS) is 16.1. The first kappa shape index (κ1) is 30.9. The second kappa shape index (κ2) is 12.1. The van der Waals surface area contributed by atoms with Gasteiger partial charge in [0, 0.05) is 46.7 Å².